The molecule has 1 saturated heterocycles. The molecule has 2 atom stereocenters. The molecule has 2 aromatic carbocycles. The Morgan fingerprint density at radius 3 is 2.77 bits per heavy atom. The smallest absolute Gasteiger partial charge is 0.265 e. The maximum atomic E-state index is 12.8. The summed E-state index contributed by atoms with van der Waals surface area (Å²) in [5.74, 6) is 0.271. The Morgan fingerprint density at radius 2 is 1.94 bits per heavy atom. The minimum Gasteiger partial charge on any atom is -0.481 e. The number of aryl methyl sites for hydroxylation is 1. The Morgan fingerprint density at radius 1 is 1.10 bits per heavy atom. The summed E-state index contributed by atoms with van der Waals surface area (Å²) in [6, 6.07) is 13.1. The number of carbonyl (C=O) groups is 2. The van der Waals surface area contributed by atoms with Gasteiger partial charge < -0.3 is 20.1 Å². The minimum atomic E-state index is -0.684. The fourth-order valence-corrected chi connectivity index (χ4v) is 4.23. The number of anilines is 1. The maximum absolute atomic E-state index is 12.8. The normalized spacial score (nSPS) is 18.7. The molecule has 6 nitrogen and oxygen atoms in total. The van der Waals surface area contributed by atoms with Crippen molar-refractivity contribution in [2.45, 2.75) is 57.7 Å². The van der Waals surface area contributed by atoms with Gasteiger partial charge >= 0.3 is 0 Å². The summed E-state index contributed by atoms with van der Waals surface area (Å²) in [4.78, 5) is 25.5. The lowest BCUT2D eigenvalue weighted by Gasteiger charge is -2.22. The number of hydrogen-bond donors (Lipinski definition) is 2. The molecule has 0 saturated carbocycles. The van der Waals surface area contributed by atoms with Crippen LogP contribution in [0, 0.1) is 0 Å². The van der Waals surface area contributed by atoms with Crippen molar-refractivity contribution < 1.29 is 19.1 Å². The monoisotopic (exact) mass is 422 g/mol. The summed E-state index contributed by atoms with van der Waals surface area (Å²) < 4.78 is 11.6. The summed E-state index contributed by atoms with van der Waals surface area (Å²) in [7, 11) is 0. The second-order valence-corrected chi connectivity index (χ2v) is 8.24. The molecule has 0 aromatic heterocycles. The number of nitrogens with one attached hydrogen (secondary N) is 2. The second kappa shape index (κ2) is 9.96. The number of rotatable bonds is 7. The quantitative estimate of drug-likeness (QED) is 0.710. The van der Waals surface area contributed by atoms with Crippen molar-refractivity contribution >= 4 is 17.5 Å². The molecule has 1 fully saturated rings. The average molecular weight is 423 g/mol. The number of fused-ring (bicyclic) bond motifs is 1. The van der Waals surface area contributed by atoms with Gasteiger partial charge in [0.1, 0.15) is 5.75 Å². The summed E-state index contributed by atoms with van der Waals surface area (Å²) in [5, 5.41) is 5.77. The van der Waals surface area contributed by atoms with Crippen molar-refractivity contribution in [3.8, 4) is 5.75 Å². The van der Waals surface area contributed by atoms with Crippen LogP contribution in [0.25, 0.3) is 0 Å². The number of carbonyl (C=O) groups excluding carboxylic acids is 2. The van der Waals surface area contributed by atoms with E-state index in [2.05, 4.69) is 16.7 Å². The molecule has 1 heterocycles. The van der Waals surface area contributed by atoms with E-state index in [0.29, 0.717) is 17.8 Å². The molecule has 0 unspecified atom stereocenters. The van der Waals surface area contributed by atoms with Crippen molar-refractivity contribution in [2.75, 3.05) is 18.5 Å². The first-order valence-corrected chi connectivity index (χ1v) is 11.2. The third-order valence-corrected chi connectivity index (χ3v) is 5.97. The SMILES string of the molecule is C[C@H](Oc1cccc2c1CCCC2)C(=O)Nc1ccccc1C(=O)NC[C@H]1CCCO1. The number of ether oxygens (including phenoxy) is 2. The van der Waals surface area contributed by atoms with E-state index in [0.717, 1.165) is 44.5 Å². The summed E-state index contributed by atoms with van der Waals surface area (Å²) >= 11 is 0. The molecule has 6 heteroatoms. The molecule has 0 bridgehead atoms. The van der Waals surface area contributed by atoms with Gasteiger partial charge in [0.2, 0.25) is 0 Å². The highest BCUT2D eigenvalue weighted by Crippen LogP contribution is 2.30. The molecule has 31 heavy (non-hydrogen) atoms. The molecule has 2 aromatic rings. The third kappa shape index (κ3) is 5.25. The van der Waals surface area contributed by atoms with Gasteiger partial charge in [-0.15, -0.1) is 0 Å². The van der Waals surface area contributed by atoms with E-state index in [1.165, 1.54) is 17.5 Å². The highest BCUT2D eigenvalue weighted by Gasteiger charge is 2.22. The molecular weight excluding hydrogens is 392 g/mol. The number of benzene rings is 2. The van der Waals surface area contributed by atoms with Gasteiger partial charge in [-0.2, -0.15) is 0 Å². The van der Waals surface area contributed by atoms with Crippen LogP contribution in [-0.4, -0.2) is 37.2 Å². The fourth-order valence-electron chi connectivity index (χ4n) is 4.23. The predicted molar refractivity (Wildman–Crippen MR) is 120 cm³/mol. The van der Waals surface area contributed by atoms with E-state index in [9.17, 15) is 9.59 Å². The molecule has 2 amide bonds. The zero-order valence-electron chi connectivity index (χ0n) is 18.0. The van der Waals surface area contributed by atoms with Crippen LogP contribution in [0.2, 0.25) is 0 Å². The molecule has 1 aliphatic heterocycles. The Kier molecular flexibility index (Phi) is 6.87. The van der Waals surface area contributed by atoms with Crippen LogP contribution < -0.4 is 15.4 Å². The molecule has 164 valence electrons. The number of hydrogen-bond acceptors (Lipinski definition) is 4. The highest BCUT2D eigenvalue weighted by atomic mass is 16.5. The van der Waals surface area contributed by atoms with Gasteiger partial charge in [-0.25, -0.2) is 0 Å². The summed E-state index contributed by atoms with van der Waals surface area (Å²) in [5.41, 5.74) is 3.42. The fraction of sp³-hybridized carbons (Fsp3) is 0.440. The molecule has 4 rings (SSSR count). The highest BCUT2D eigenvalue weighted by molar-refractivity contribution is 6.04. The van der Waals surface area contributed by atoms with Gasteiger partial charge in [0, 0.05) is 13.2 Å². The first-order chi connectivity index (χ1) is 15.1. The van der Waals surface area contributed by atoms with E-state index in [1.54, 1.807) is 31.2 Å². The lowest BCUT2D eigenvalue weighted by Crippen LogP contribution is -2.34. The second-order valence-electron chi connectivity index (χ2n) is 8.24. The van der Waals surface area contributed by atoms with E-state index in [1.807, 2.05) is 12.1 Å². The summed E-state index contributed by atoms with van der Waals surface area (Å²) in [6.45, 7) is 2.95. The zero-order valence-corrected chi connectivity index (χ0v) is 18.0. The zero-order chi connectivity index (χ0) is 21.6. The Balaban J connectivity index is 1.40. The first kappa shape index (κ1) is 21.4. The lowest BCUT2D eigenvalue weighted by atomic mass is 9.91. The molecule has 1 aliphatic carbocycles. The van der Waals surface area contributed by atoms with Gasteiger partial charge in [-0.05, 0) is 74.8 Å². The lowest BCUT2D eigenvalue weighted by molar-refractivity contribution is -0.122. The van der Waals surface area contributed by atoms with Crippen molar-refractivity contribution in [1.29, 1.82) is 0 Å². The average Bonchev–Trinajstić information content (AvgIpc) is 3.32. The van der Waals surface area contributed by atoms with Crippen LogP contribution in [0.3, 0.4) is 0 Å². The van der Waals surface area contributed by atoms with E-state index in [-0.39, 0.29) is 17.9 Å². The van der Waals surface area contributed by atoms with Crippen molar-refractivity contribution in [1.82, 2.24) is 5.32 Å². The predicted octanol–water partition coefficient (Wildman–Crippen LogP) is 3.88. The van der Waals surface area contributed by atoms with Crippen molar-refractivity contribution in [3.63, 3.8) is 0 Å². The van der Waals surface area contributed by atoms with Crippen LogP contribution in [0.4, 0.5) is 5.69 Å². The Hall–Kier alpha value is -2.86. The van der Waals surface area contributed by atoms with Gasteiger partial charge in [0.25, 0.3) is 11.8 Å². The molecular formula is C25H30N2O4. The topological polar surface area (TPSA) is 76.7 Å². The standard InChI is InChI=1S/C25H30N2O4/c1-17(31-23-14-6-9-18-8-2-3-11-20(18)23)24(28)27-22-13-5-4-12-21(22)25(29)26-16-19-10-7-15-30-19/h4-6,9,12-14,17,19H,2-3,7-8,10-11,15-16H2,1H3,(H,26,29)(H,27,28)/t17-,19+/m0/s1. The molecule has 0 radical (unpaired) electrons. The van der Waals surface area contributed by atoms with Crippen LogP contribution >= 0.6 is 0 Å². The molecule has 0 spiro atoms. The van der Waals surface area contributed by atoms with Crippen LogP contribution in [0.5, 0.6) is 5.75 Å². The van der Waals surface area contributed by atoms with Gasteiger partial charge in [0.15, 0.2) is 6.10 Å². The van der Waals surface area contributed by atoms with Crippen molar-refractivity contribution in [2.24, 2.45) is 0 Å². The Bertz CT molecular complexity index is 937. The first-order valence-electron chi connectivity index (χ1n) is 11.2. The Labute approximate surface area is 183 Å². The van der Waals surface area contributed by atoms with E-state index >= 15 is 0 Å². The van der Waals surface area contributed by atoms with Crippen LogP contribution in [0.15, 0.2) is 42.5 Å². The largest absolute Gasteiger partial charge is 0.481 e. The number of amides is 2. The molecule has 2 aliphatic rings. The number of para-hydroxylation sites is 1. The summed E-state index contributed by atoms with van der Waals surface area (Å²) in [6.07, 6.45) is 5.73. The maximum Gasteiger partial charge on any atom is 0.265 e. The molecule has 2 N–H and O–H groups in total. The van der Waals surface area contributed by atoms with Gasteiger partial charge in [0.05, 0.1) is 17.4 Å². The van der Waals surface area contributed by atoms with Crippen LogP contribution in [-0.2, 0) is 22.4 Å². The van der Waals surface area contributed by atoms with Crippen molar-refractivity contribution in [3.05, 3.63) is 59.2 Å². The van der Waals surface area contributed by atoms with Crippen LogP contribution in [0.1, 0.15) is 54.1 Å². The van der Waals surface area contributed by atoms with Gasteiger partial charge in [-0.1, -0.05) is 24.3 Å². The van der Waals surface area contributed by atoms with Gasteiger partial charge in [-0.3, -0.25) is 9.59 Å². The van der Waals surface area contributed by atoms with E-state index in [4.69, 9.17) is 9.47 Å². The third-order valence-electron chi connectivity index (χ3n) is 5.97. The minimum absolute atomic E-state index is 0.0657. The van der Waals surface area contributed by atoms with E-state index < -0.39 is 6.10 Å².